The second-order valence-corrected chi connectivity index (χ2v) is 6.36. The molecule has 3 rings (SSSR count). The lowest BCUT2D eigenvalue weighted by Gasteiger charge is -2.26. The number of anilines is 2. The highest BCUT2D eigenvalue weighted by molar-refractivity contribution is 14.0. The fourth-order valence-electron chi connectivity index (χ4n) is 2.95. The van der Waals surface area contributed by atoms with E-state index in [4.69, 9.17) is 5.73 Å². The number of hydrogen-bond donors (Lipinski definition) is 2. The lowest BCUT2D eigenvalue weighted by Crippen LogP contribution is -2.35. The van der Waals surface area contributed by atoms with Gasteiger partial charge in [-0.1, -0.05) is 24.3 Å². The first kappa shape index (κ1) is 20.2. The zero-order valence-corrected chi connectivity index (χ0v) is 17.3. The molecule has 0 aliphatic carbocycles. The number of nitrogens with one attached hydrogen (secondary N) is 1. The van der Waals surface area contributed by atoms with Crippen LogP contribution in [-0.4, -0.2) is 18.4 Å². The Labute approximate surface area is 171 Å². The normalized spacial score (nSPS) is 14.7. The van der Waals surface area contributed by atoms with E-state index in [9.17, 15) is 4.79 Å². The Hall–Kier alpha value is -2.09. The Balaban J connectivity index is 0.00000243. The average Bonchev–Trinajstić information content (AvgIpc) is 2.61. The number of benzene rings is 2. The summed E-state index contributed by atoms with van der Waals surface area (Å²) < 4.78 is 0. The summed E-state index contributed by atoms with van der Waals surface area (Å²) in [4.78, 5) is 18.2. The van der Waals surface area contributed by atoms with E-state index in [2.05, 4.69) is 10.3 Å². The highest BCUT2D eigenvalue weighted by Gasteiger charge is 2.19. The van der Waals surface area contributed by atoms with Gasteiger partial charge in [-0.3, -0.25) is 4.79 Å². The van der Waals surface area contributed by atoms with Crippen molar-refractivity contribution < 1.29 is 4.79 Å². The molecule has 0 bridgehead atoms. The number of piperidine rings is 1. The monoisotopic (exact) mass is 464 g/mol. The third-order valence-corrected chi connectivity index (χ3v) is 4.29. The minimum atomic E-state index is 0. The van der Waals surface area contributed by atoms with Crippen LogP contribution >= 0.6 is 24.0 Å². The van der Waals surface area contributed by atoms with Gasteiger partial charge in [0.1, 0.15) is 0 Å². The van der Waals surface area contributed by atoms with Crippen LogP contribution in [0.15, 0.2) is 53.5 Å². The minimum Gasteiger partial charge on any atom is -0.370 e. The molecule has 1 aliphatic rings. The highest BCUT2D eigenvalue weighted by atomic mass is 127. The topological polar surface area (TPSA) is 70.7 Å². The smallest absolute Gasteiger partial charge is 0.226 e. The van der Waals surface area contributed by atoms with Gasteiger partial charge in [-0.05, 0) is 55.2 Å². The largest absolute Gasteiger partial charge is 0.370 e. The Bertz CT molecular complexity index is 774. The maximum absolute atomic E-state index is 12.0. The summed E-state index contributed by atoms with van der Waals surface area (Å²) in [6.07, 6.45) is 2.71. The van der Waals surface area contributed by atoms with Crippen molar-refractivity contribution in [1.82, 2.24) is 0 Å². The number of carbonyl (C=O) groups is 1. The number of aryl methyl sites for hydroxylation is 1. The Morgan fingerprint density at radius 2 is 1.96 bits per heavy atom. The van der Waals surface area contributed by atoms with Crippen molar-refractivity contribution in [2.45, 2.75) is 32.7 Å². The van der Waals surface area contributed by atoms with E-state index in [1.165, 1.54) is 5.56 Å². The van der Waals surface area contributed by atoms with Crippen LogP contribution in [-0.2, 0) is 11.3 Å². The molecule has 6 heteroatoms. The van der Waals surface area contributed by atoms with Gasteiger partial charge < -0.3 is 16.0 Å². The lowest BCUT2D eigenvalue weighted by molar-refractivity contribution is -0.119. The van der Waals surface area contributed by atoms with Gasteiger partial charge in [0, 0.05) is 24.3 Å². The first-order valence-corrected chi connectivity index (χ1v) is 8.65. The van der Waals surface area contributed by atoms with E-state index in [-0.39, 0.29) is 29.9 Å². The van der Waals surface area contributed by atoms with E-state index in [1.807, 2.05) is 60.4 Å². The molecular weight excluding hydrogens is 439 g/mol. The summed E-state index contributed by atoms with van der Waals surface area (Å²) in [5.41, 5.74) is 10.1. The van der Waals surface area contributed by atoms with E-state index in [0.29, 0.717) is 18.9 Å². The van der Waals surface area contributed by atoms with Gasteiger partial charge in [-0.25, -0.2) is 4.99 Å². The molecule has 0 unspecified atom stereocenters. The molecule has 0 atom stereocenters. The van der Waals surface area contributed by atoms with Crippen LogP contribution in [0, 0.1) is 6.92 Å². The molecule has 1 amide bonds. The summed E-state index contributed by atoms with van der Waals surface area (Å²) in [6, 6.07) is 16.0. The minimum absolute atomic E-state index is 0. The van der Waals surface area contributed by atoms with Crippen molar-refractivity contribution in [2.24, 2.45) is 10.7 Å². The molecule has 138 valence electrons. The van der Waals surface area contributed by atoms with Gasteiger partial charge in [-0.2, -0.15) is 0 Å². The Morgan fingerprint density at radius 1 is 1.19 bits per heavy atom. The summed E-state index contributed by atoms with van der Waals surface area (Å²) in [6.45, 7) is 3.34. The summed E-state index contributed by atoms with van der Waals surface area (Å²) in [7, 11) is 0. The molecule has 0 aromatic heterocycles. The summed E-state index contributed by atoms with van der Waals surface area (Å²) in [5, 5.41) is 3.10. The number of nitrogens with two attached hydrogens (primary N) is 1. The highest BCUT2D eigenvalue weighted by Crippen LogP contribution is 2.21. The van der Waals surface area contributed by atoms with Gasteiger partial charge >= 0.3 is 0 Å². The predicted molar refractivity (Wildman–Crippen MR) is 118 cm³/mol. The van der Waals surface area contributed by atoms with E-state index in [0.717, 1.165) is 36.3 Å². The Kier molecular flexibility index (Phi) is 7.44. The fourth-order valence-corrected chi connectivity index (χ4v) is 2.95. The molecule has 26 heavy (non-hydrogen) atoms. The first-order chi connectivity index (χ1) is 12.1. The van der Waals surface area contributed by atoms with E-state index in [1.54, 1.807) is 0 Å². The number of rotatable bonds is 4. The summed E-state index contributed by atoms with van der Waals surface area (Å²) >= 11 is 0. The second kappa shape index (κ2) is 9.56. The van der Waals surface area contributed by atoms with Crippen molar-refractivity contribution in [2.75, 3.05) is 16.8 Å². The maximum atomic E-state index is 12.0. The standard InChI is InChI=1S/C20H24N4O.HI/c1-15-5-4-6-17(13-15)23-20(21)22-14-16-8-10-18(11-9-16)24-12-3-2-7-19(24)25;/h4-6,8-11,13H,2-3,7,12,14H2,1H3,(H3,21,22,23);1H. The van der Waals surface area contributed by atoms with Crippen LogP contribution in [0.25, 0.3) is 0 Å². The molecule has 2 aromatic rings. The quantitative estimate of drug-likeness (QED) is 0.408. The molecule has 3 N–H and O–H groups in total. The molecule has 2 aromatic carbocycles. The van der Waals surface area contributed by atoms with Crippen LogP contribution < -0.4 is 16.0 Å². The van der Waals surface area contributed by atoms with Crippen molar-refractivity contribution in [3.63, 3.8) is 0 Å². The zero-order chi connectivity index (χ0) is 17.6. The molecule has 1 saturated heterocycles. The average molecular weight is 464 g/mol. The molecule has 0 radical (unpaired) electrons. The molecule has 5 nitrogen and oxygen atoms in total. The lowest BCUT2D eigenvalue weighted by atomic mass is 10.1. The van der Waals surface area contributed by atoms with Crippen molar-refractivity contribution >= 4 is 47.2 Å². The molecule has 0 spiro atoms. The van der Waals surface area contributed by atoms with Crippen molar-refractivity contribution in [1.29, 1.82) is 0 Å². The maximum Gasteiger partial charge on any atom is 0.226 e. The second-order valence-electron chi connectivity index (χ2n) is 6.36. The Morgan fingerprint density at radius 3 is 2.65 bits per heavy atom. The van der Waals surface area contributed by atoms with Gasteiger partial charge in [0.25, 0.3) is 0 Å². The molecule has 1 aliphatic heterocycles. The fraction of sp³-hybridized carbons (Fsp3) is 0.300. The van der Waals surface area contributed by atoms with Crippen LogP contribution in [0.2, 0.25) is 0 Å². The first-order valence-electron chi connectivity index (χ1n) is 8.65. The molecule has 0 saturated carbocycles. The van der Waals surface area contributed by atoms with Crippen LogP contribution in [0.4, 0.5) is 11.4 Å². The molecule has 1 fully saturated rings. The number of nitrogens with zero attached hydrogens (tertiary/aromatic N) is 2. The van der Waals surface area contributed by atoms with Gasteiger partial charge in [-0.15, -0.1) is 24.0 Å². The number of carbonyl (C=O) groups excluding carboxylic acids is 1. The molecular formula is C20H25IN4O. The zero-order valence-electron chi connectivity index (χ0n) is 14.9. The number of guanidine groups is 1. The third kappa shape index (κ3) is 5.45. The van der Waals surface area contributed by atoms with Crippen LogP contribution in [0.5, 0.6) is 0 Å². The number of hydrogen-bond acceptors (Lipinski definition) is 2. The number of halogens is 1. The van der Waals surface area contributed by atoms with Gasteiger partial charge in [0.2, 0.25) is 5.91 Å². The SMILES string of the molecule is Cc1cccc(NC(N)=NCc2ccc(N3CCCCC3=O)cc2)c1.I. The third-order valence-electron chi connectivity index (χ3n) is 4.29. The van der Waals surface area contributed by atoms with Crippen molar-refractivity contribution in [3.05, 3.63) is 59.7 Å². The van der Waals surface area contributed by atoms with E-state index < -0.39 is 0 Å². The van der Waals surface area contributed by atoms with Gasteiger partial charge in [0.05, 0.1) is 6.54 Å². The number of amides is 1. The molecule has 1 heterocycles. The van der Waals surface area contributed by atoms with Crippen LogP contribution in [0.1, 0.15) is 30.4 Å². The van der Waals surface area contributed by atoms with E-state index >= 15 is 0 Å². The van der Waals surface area contributed by atoms with Gasteiger partial charge in [0.15, 0.2) is 5.96 Å². The number of aliphatic imine (C=N–C) groups is 1. The predicted octanol–water partition coefficient (Wildman–Crippen LogP) is 4.06. The summed E-state index contributed by atoms with van der Waals surface area (Å²) in [5.74, 6) is 0.601. The van der Waals surface area contributed by atoms with Crippen molar-refractivity contribution in [3.8, 4) is 0 Å². The van der Waals surface area contributed by atoms with Crippen LogP contribution in [0.3, 0.4) is 0 Å².